The molecule has 0 atom stereocenters. The van der Waals surface area contributed by atoms with Crippen LogP contribution in [0.3, 0.4) is 0 Å². The summed E-state index contributed by atoms with van der Waals surface area (Å²) in [6.07, 6.45) is 0.276. The van der Waals surface area contributed by atoms with Crippen LogP contribution in [0.2, 0.25) is 0 Å². The Balaban J connectivity index is 1.53. The Labute approximate surface area is 141 Å². The van der Waals surface area contributed by atoms with E-state index in [0.29, 0.717) is 6.54 Å². The van der Waals surface area contributed by atoms with Crippen molar-refractivity contribution < 1.29 is 9.18 Å². The topological polar surface area (TPSA) is 51.4 Å². The number of carbonyl (C=O) groups excluding carboxylic acids is 1. The van der Waals surface area contributed by atoms with Crippen LogP contribution in [0.15, 0.2) is 18.2 Å². The van der Waals surface area contributed by atoms with Crippen molar-refractivity contribution in [3.05, 3.63) is 35.3 Å². The molecule has 6 heteroatoms. The molecule has 24 heavy (non-hydrogen) atoms. The predicted molar refractivity (Wildman–Crippen MR) is 93.6 cm³/mol. The van der Waals surface area contributed by atoms with Crippen molar-refractivity contribution >= 4 is 16.8 Å². The third-order valence-electron chi connectivity index (χ3n) is 4.76. The van der Waals surface area contributed by atoms with E-state index in [9.17, 15) is 9.18 Å². The van der Waals surface area contributed by atoms with Crippen molar-refractivity contribution in [2.24, 2.45) is 0 Å². The van der Waals surface area contributed by atoms with Crippen LogP contribution in [0.1, 0.15) is 11.3 Å². The summed E-state index contributed by atoms with van der Waals surface area (Å²) in [5.41, 5.74) is 2.67. The molecule has 1 amide bonds. The zero-order chi connectivity index (χ0) is 17.1. The van der Waals surface area contributed by atoms with E-state index < -0.39 is 0 Å². The van der Waals surface area contributed by atoms with Gasteiger partial charge in [0.1, 0.15) is 5.82 Å². The minimum Gasteiger partial charge on any atom is -0.358 e. The molecule has 2 N–H and O–H groups in total. The van der Waals surface area contributed by atoms with Gasteiger partial charge < -0.3 is 15.2 Å². The number of halogens is 1. The number of H-pyrrole nitrogens is 1. The number of hydrogen-bond donors (Lipinski definition) is 2. The molecular formula is C18H25FN4O. The van der Waals surface area contributed by atoms with E-state index in [1.165, 1.54) is 12.1 Å². The number of aromatic amines is 1. The van der Waals surface area contributed by atoms with Gasteiger partial charge >= 0.3 is 0 Å². The molecule has 0 radical (unpaired) electrons. The molecule has 3 rings (SSSR count). The number of piperazine rings is 1. The third-order valence-corrected chi connectivity index (χ3v) is 4.76. The number of nitrogens with zero attached hydrogens (tertiary/aromatic N) is 2. The van der Waals surface area contributed by atoms with Crippen molar-refractivity contribution in [3.63, 3.8) is 0 Å². The van der Waals surface area contributed by atoms with Crippen molar-refractivity contribution in [3.8, 4) is 0 Å². The number of likely N-dealkylation sites (N-methyl/N-ethyl adjacent to an activating group) is 1. The third kappa shape index (κ3) is 3.94. The lowest BCUT2D eigenvalue weighted by molar-refractivity contribution is -0.120. The van der Waals surface area contributed by atoms with Crippen LogP contribution in [0.5, 0.6) is 0 Å². The number of benzene rings is 1. The summed E-state index contributed by atoms with van der Waals surface area (Å²) in [6, 6.07) is 4.64. The zero-order valence-electron chi connectivity index (χ0n) is 14.4. The van der Waals surface area contributed by atoms with Crippen molar-refractivity contribution in [1.29, 1.82) is 0 Å². The van der Waals surface area contributed by atoms with Gasteiger partial charge in [0.25, 0.3) is 0 Å². The van der Waals surface area contributed by atoms with E-state index >= 15 is 0 Å². The molecule has 1 saturated heterocycles. The predicted octanol–water partition coefficient (Wildman–Crippen LogP) is 1.52. The second-order valence-corrected chi connectivity index (χ2v) is 6.59. The summed E-state index contributed by atoms with van der Waals surface area (Å²) in [6.45, 7) is 7.70. The smallest absolute Gasteiger partial charge is 0.224 e. The highest BCUT2D eigenvalue weighted by Gasteiger charge is 2.15. The molecule has 1 fully saturated rings. The highest BCUT2D eigenvalue weighted by molar-refractivity contribution is 5.90. The Morgan fingerprint density at radius 2 is 2.04 bits per heavy atom. The van der Waals surface area contributed by atoms with Crippen LogP contribution >= 0.6 is 0 Å². The summed E-state index contributed by atoms with van der Waals surface area (Å²) >= 11 is 0. The van der Waals surface area contributed by atoms with Gasteiger partial charge in [0, 0.05) is 55.9 Å². The monoisotopic (exact) mass is 332 g/mol. The molecule has 0 unspecified atom stereocenters. The van der Waals surface area contributed by atoms with Gasteiger partial charge in [-0.1, -0.05) is 0 Å². The Morgan fingerprint density at radius 1 is 1.29 bits per heavy atom. The normalized spacial score (nSPS) is 16.6. The SMILES string of the molecule is Cc1[nH]c2ccc(F)cc2c1CC(=O)NCCN1CCN(C)CC1. The summed E-state index contributed by atoms with van der Waals surface area (Å²) in [5.74, 6) is -0.296. The molecular weight excluding hydrogens is 307 g/mol. The van der Waals surface area contributed by atoms with Crippen LogP contribution in [-0.4, -0.2) is 67.0 Å². The molecule has 0 bridgehead atoms. The minimum atomic E-state index is -0.279. The number of rotatable bonds is 5. The minimum absolute atomic E-state index is 0.0163. The maximum absolute atomic E-state index is 13.5. The Kier molecular flexibility index (Phi) is 5.16. The quantitative estimate of drug-likeness (QED) is 0.873. The van der Waals surface area contributed by atoms with Crippen LogP contribution in [-0.2, 0) is 11.2 Å². The number of hydrogen-bond acceptors (Lipinski definition) is 3. The average molecular weight is 332 g/mol. The molecule has 1 aromatic heterocycles. The van der Waals surface area contributed by atoms with E-state index in [1.807, 2.05) is 6.92 Å². The fraction of sp³-hybridized carbons (Fsp3) is 0.500. The van der Waals surface area contributed by atoms with Gasteiger partial charge in [-0.15, -0.1) is 0 Å². The van der Waals surface area contributed by atoms with E-state index in [2.05, 4.69) is 27.1 Å². The van der Waals surface area contributed by atoms with Crippen molar-refractivity contribution in [2.75, 3.05) is 46.3 Å². The maximum atomic E-state index is 13.5. The number of nitrogens with one attached hydrogen (secondary N) is 2. The first-order chi connectivity index (χ1) is 11.5. The summed E-state index contributed by atoms with van der Waals surface area (Å²) < 4.78 is 13.5. The fourth-order valence-electron chi connectivity index (χ4n) is 3.23. The molecule has 2 aromatic rings. The molecule has 0 spiro atoms. The van der Waals surface area contributed by atoms with Gasteiger partial charge in [-0.25, -0.2) is 4.39 Å². The van der Waals surface area contributed by atoms with Crippen molar-refractivity contribution in [1.82, 2.24) is 20.1 Å². The second kappa shape index (κ2) is 7.32. The van der Waals surface area contributed by atoms with Gasteiger partial charge in [-0.3, -0.25) is 9.69 Å². The summed E-state index contributed by atoms with van der Waals surface area (Å²) in [7, 11) is 2.13. The summed E-state index contributed by atoms with van der Waals surface area (Å²) in [5, 5.41) is 3.78. The standard InChI is InChI=1S/C18H25FN4O/c1-13-15(16-11-14(19)3-4-17(16)21-13)12-18(24)20-5-6-23-9-7-22(2)8-10-23/h3-4,11,21H,5-10,12H2,1-2H3,(H,20,24). The fourth-order valence-corrected chi connectivity index (χ4v) is 3.23. The van der Waals surface area contributed by atoms with E-state index in [-0.39, 0.29) is 18.1 Å². The second-order valence-electron chi connectivity index (χ2n) is 6.59. The van der Waals surface area contributed by atoms with E-state index in [4.69, 9.17) is 0 Å². The first-order valence-corrected chi connectivity index (χ1v) is 8.47. The molecule has 5 nitrogen and oxygen atoms in total. The Morgan fingerprint density at radius 3 is 2.79 bits per heavy atom. The molecule has 1 aliphatic rings. The van der Waals surface area contributed by atoms with E-state index in [0.717, 1.165) is 54.9 Å². The Hall–Kier alpha value is -1.92. The number of carbonyl (C=O) groups is 1. The number of fused-ring (bicyclic) bond motifs is 1. The average Bonchev–Trinajstić information content (AvgIpc) is 2.85. The van der Waals surface area contributed by atoms with Crippen LogP contribution in [0, 0.1) is 12.7 Å². The van der Waals surface area contributed by atoms with Gasteiger partial charge in [0.05, 0.1) is 6.42 Å². The lowest BCUT2D eigenvalue weighted by atomic mass is 10.1. The molecule has 1 aromatic carbocycles. The number of aromatic nitrogens is 1. The highest BCUT2D eigenvalue weighted by Crippen LogP contribution is 2.23. The van der Waals surface area contributed by atoms with Gasteiger partial charge in [0.15, 0.2) is 0 Å². The van der Waals surface area contributed by atoms with Crippen LogP contribution in [0.4, 0.5) is 4.39 Å². The number of aryl methyl sites for hydroxylation is 1. The lowest BCUT2D eigenvalue weighted by Gasteiger charge is -2.32. The van der Waals surface area contributed by atoms with Crippen LogP contribution in [0.25, 0.3) is 10.9 Å². The molecule has 0 aliphatic carbocycles. The Bertz CT molecular complexity index is 719. The number of amides is 1. The highest BCUT2D eigenvalue weighted by atomic mass is 19.1. The first kappa shape index (κ1) is 16.9. The van der Waals surface area contributed by atoms with Gasteiger partial charge in [-0.2, -0.15) is 0 Å². The molecule has 0 saturated carbocycles. The lowest BCUT2D eigenvalue weighted by Crippen LogP contribution is -2.47. The molecule has 130 valence electrons. The zero-order valence-corrected chi connectivity index (χ0v) is 14.4. The largest absolute Gasteiger partial charge is 0.358 e. The van der Waals surface area contributed by atoms with E-state index in [1.54, 1.807) is 6.07 Å². The van der Waals surface area contributed by atoms with Crippen molar-refractivity contribution in [2.45, 2.75) is 13.3 Å². The molecule has 2 heterocycles. The van der Waals surface area contributed by atoms with Crippen LogP contribution < -0.4 is 5.32 Å². The van der Waals surface area contributed by atoms with Gasteiger partial charge in [-0.05, 0) is 37.7 Å². The summed E-state index contributed by atoms with van der Waals surface area (Å²) in [4.78, 5) is 20.1. The first-order valence-electron chi connectivity index (χ1n) is 8.47. The maximum Gasteiger partial charge on any atom is 0.224 e. The van der Waals surface area contributed by atoms with Gasteiger partial charge in [0.2, 0.25) is 5.91 Å². The molecule has 1 aliphatic heterocycles.